The number of thiophene rings is 2. The van der Waals surface area contributed by atoms with Crippen molar-refractivity contribution < 1.29 is 9.47 Å². The Hall–Kier alpha value is -2.50. The fraction of sp³-hybridized carbons (Fsp3) is 0.455. The minimum Gasteiger partial charge on any atom is -0.381 e. The Kier molecular flexibility index (Phi) is 13.9. The van der Waals surface area contributed by atoms with Crippen molar-refractivity contribution in [2.75, 3.05) is 26.4 Å². The van der Waals surface area contributed by atoms with Crippen molar-refractivity contribution in [3.63, 3.8) is 0 Å². The number of aromatic nitrogens is 6. The van der Waals surface area contributed by atoms with E-state index in [1.54, 1.807) is 22.7 Å². The maximum absolute atomic E-state index is 4.94. The molecule has 0 aliphatic carbocycles. The Morgan fingerprint density at radius 1 is 0.542 bits per heavy atom. The van der Waals surface area contributed by atoms with Crippen molar-refractivity contribution in [2.24, 2.45) is 0 Å². The number of hydrogen-bond acceptors (Lipinski definition) is 12. The summed E-state index contributed by atoms with van der Waals surface area (Å²) in [5.74, 6) is 0. The molecule has 0 N–H and O–H groups in total. The molecule has 0 atom stereocenters. The molecule has 15 heteroatoms. The fourth-order valence-corrected chi connectivity index (χ4v) is 11.7. The first-order valence-electron chi connectivity index (χ1n) is 20.1. The third-order valence-corrected chi connectivity index (χ3v) is 14.9. The van der Waals surface area contributed by atoms with E-state index in [9.17, 15) is 0 Å². The van der Waals surface area contributed by atoms with Gasteiger partial charge in [-0.2, -0.15) is 17.5 Å². The van der Waals surface area contributed by atoms with E-state index in [0.717, 1.165) is 78.6 Å². The number of benzene rings is 1. The number of fused-ring (bicyclic) bond motifs is 2. The van der Waals surface area contributed by atoms with Gasteiger partial charge in [0.1, 0.15) is 33.5 Å². The maximum Gasteiger partial charge on any atom is 0.267 e. The molecule has 0 spiro atoms. The first-order valence-corrected chi connectivity index (χ1v) is 24.8. The molecule has 59 heavy (non-hydrogen) atoms. The summed E-state index contributed by atoms with van der Waals surface area (Å²) in [4.78, 5) is 11.8. The van der Waals surface area contributed by atoms with Gasteiger partial charge in [0.2, 0.25) is 0 Å². The number of nitrogens with zero attached hydrogens (tertiary/aromatic N) is 6. The van der Waals surface area contributed by atoms with Crippen LogP contribution in [0.2, 0.25) is 0 Å². The molecular weight excluding hydrogens is 943 g/mol. The van der Waals surface area contributed by atoms with E-state index in [2.05, 4.69) is 148 Å². The molecule has 2 aliphatic rings. The normalized spacial score (nSPS) is 14.7. The molecule has 0 radical (unpaired) electrons. The van der Waals surface area contributed by atoms with Gasteiger partial charge < -0.3 is 9.47 Å². The third kappa shape index (κ3) is 10.1. The van der Waals surface area contributed by atoms with Crippen LogP contribution in [0.3, 0.4) is 0 Å². The van der Waals surface area contributed by atoms with Gasteiger partial charge >= 0.3 is 0 Å². The molecule has 8 heterocycles. The van der Waals surface area contributed by atoms with E-state index < -0.39 is 0 Å². The molecule has 2 fully saturated rings. The second kappa shape index (κ2) is 18.5. The smallest absolute Gasteiger partial charge is 0.267 e. The Morgan fingerprint density at radius 2 is 0.932 bits per heavy atom. The summed E-state index contributed by atoms with van der Waals surface area (Å²) >= 11 is 13.2. The monoisotopic (exact) mass is 992 g/mol. The highest BCUT2D eigenvalue weighted by molar-refractivity contribution is 9.11. The molecule has 8 nitrogen and oxygen atoms in total. The zero-order valence-electron chi connectivity index (χ0n) is 35.2. The van der Waals surface area contributed by atoms with E-state index in [4.69, 9.17) is 19.4 Å². The predicted octanol–water partition coefficient (Wildman–Crippen LogP) is 11.5. The summed E-state index contributed by atoms with van der Waals surface area (Å²) in [6, 6.07) is 13.9. The number of halogens is 2. The first-order chi connectivity index (χ1) is 28.0. The van der Waals surface area contributed by atoms with E-state index in [-0.39, 0.29) is 23.0 Å². The fourth-order valence-electron chi connectivity index (χ4n) is 7.20. The van der Waals surface area contributed by atoms with Crippen LogP contribution in [-0.4, -0.2) is 60.6 Å². The van der Waals surface area contributed by atoms with Crippen LogP contribution in [0.5, 0.6) is 0 Å². The molecule has 0 unspecified atom stereocenters. The Morgan fingerprint density at radius 3 is 1.27 bits per heavy atom. The predicted molar refractivity (Wildman–Crippen MR) is 260 cm³/mol. The minimum atomic E-state index is -0.105. The number of pyridine rings is 2. The molecule has 310 valence electrons. The van der Waals surface area contributed by atoms with Crippen LogP contribution in [0, 0.1) is 0 Å². The second-order valence-corrected chi connectivity index (χ2v) is 23.0. The van der Waals surface area contributed by atoms with E-state index in [1.807, 2.05) is 12.4 Å². The van der Waals surface area contributed by atoms with Gasteiger partial charge in [-0.1, -0.05) is 92.0 Å². The average molecular weight is 995 g/mol. The number of ether oxygens (including phenoxy) is 2. The summed E-state index contributed by atoms with van der Waals surface area (Å²) in [6.07, 6.45) is 8.78. The lowest BCUT2D eigenvalue weighted by Gasteiger charge is -2.35. The van der Waals surface area contributed by atoms with Gasteiger partial charge in [0.25, 0.3) is 6.71 Å². The largest absolute Gasteiger partial charge is 0.381 e. The van der Waals surface area contributed by atoms with Crippen molar-refractivity contribution in [1.82, 2.24) is 27.5 Å². The van der Waals surface area contributed by atoms with Gasteiger partial charge in [0, 0.05) is 38.8 Å². The van der Waals surface area contributed by atoms with Gasteiger partial charge in [-0.05, 0) is 112 Å². The summed E-state index contributed by atoms with van der Waals surface area (Å²) < 4.78 is 32.5. The molecule has 2 saturated heterocycles. The SMILES string of the molecule is C1CCOC1.C1CCOC1.CC(C)(C)c1cc(C(C)(C)C)c(B(c2ccc(-c3ncc(Br)c4nsnc34)s2)c2ccc(-c3ncc(Br)c4nsnc34)s2)c(C(C)(C)C)c1. The quantitative estimate of drug-likeness (QED) is 0.157. The molecule has 0 amide bonds. The average Bonchev–Trinajstić information content (AvgIpc) is 4.03. The summed E-state index contributed by atoms with van der Waals surface area (Å²) in [5, 5.41) is 0. The molecule has 0 bridgehead atoms. The Labute approximate surface area is 382 Å². The standard InChI is InChI=1S/C36H35BBr2N6S4.2C4H8O/c1-34(2,3)18-14-19(35(4,5)6)27(20(15-18)36(7,8)9)37(25-12-10-23(46-25)30-32-28(42-48-44-32)21(38)16-40-30)26-13-11-24(47-26)31-33-29(43-49-45-33)22(39)17-41-31;2*1-2-4-5-3-1/h10-17H,1-9H3;2*1-4H2. The molecular formula is C44H51BBr2N6O2S4. The Balaban J connectivity index is 0.000000462. The lowest BCUT2D eigenvalue weighted by atomic mass is 9.39. The highest BCUT2D eigenvalue weighted by Crippen LogP contribution is 2.37. The highest BCUT2D eigenvalue weighted by atomic mass is 79.9. The maximum atomic E-state index is 4.94. The lowest BCUT2D eigenvalue weighted by molar-refractivity contribution is 0.198. The van der Waals surface area contributed by atoms with Crippen LogP contribution in [-0.2, 0) is 25.7 Å². The van der Waals surface area contributed by atoms with Crippen molar-refractivity contribution in [2.45, 2.75) is 104 Å². The molecule has 6 aromatic heterocycles. The molecule has 7 aromatic rings. The molecule has 9 rings (SSSR count). The van der Waals surface area contributed by atoms with Gasteiger partial charge in [-0.25, -0.2) is 0 Å². The van der Waals surface area contributed by atoms with E-state index in [1.165, 1.54) is 80.8 Å². The van der Waals surface area contributed by atoms with Crippen molar-refractivity contribution in [3.8, 4) is 21.1 Å². The summed E-state index contributed by atoms with van der Waals surface area (Å²) in [7, 11) is 0. The zero-order valence-corrected chi connectivity index (χ0v) is 41.7. The van der Waals surface area contributed by atoms with Gasteiger partial charge in [0.05, 0.1) is 42.2 Å². The second-order valence-electron chi connectivity index (χ2n) is 18.0. The Bertz CT molecular complexity index is 2360. The topological polar surface area (TPSA) is 95.8 Å². The number of hydrogen-bond donors (Lipinski definition) is 0. The summed E-state index contributed by atoms with van der Waals surface area (Å²) in [5.41, 5.74) is 10.3. The van der Waals surface area contributed by atoms with E-state index >= 15 is 0 Å². The van der Waals surface area contributed by atoms with Gasteiger partial charge in [-0.15, -0.1) is 22.7 Å². The van der Waals surface area contributed by atoms with Gasteiger partial charge in [0.15, 0.2) is 0 Å². The van der Waals surface area contributed by atoms with Gasteiger partial charge in [-0.3, -0.25) is 9.97 Å². The first kappa shape index (κ1) is 44.6. The van der Waals surface area contributed by atoms with Crippen LogP contribution in [0.25, 0.3) is 43.2 Å². The van der Waals surface area contributed by atoms with Crippen molar-refractivity contribution in [3.05, 3.63) is 74.4 Å². The van der Waals surface area contributed by atoms with Crippen LogP contribution in [0.15, 0.2) is 57.7 Å². The van der Waals surface area contributed by atoms with Crippen molar-refractivity contribution in [1.29, 1.82) is 0 Å². The molecule has 1 aromatic carbocycles. The summed E-state index contributed by atoms with van der Waals surface area (Å²) in [6.45, 7) is 25.0. The van der Waals surface area contributed by atoms with Crippen LogP contribution in [0.1, 0.15) is 105 Å². The lowest BCUT2D eigenvalue weighted by Crippen LogP contribution is -2.55. The molecule has 0 saturated carbocycles. The van der Waals surface area contributed by atoms with Crippen molar-refractivity contribution >= 4 is 122 Å². The highest BCUT2D eigenvalue weighted by Gasteiger charge is 2.37. The minimum absolute atomic E-state index is 0.000616. The number of rotatable bonds is 5. The van der Waals surface area contributed by atoms with E-state index in [0.29, 0.717) is 0 Å². The third-order valence-electron chi connectivity index (χ3n) is 10.4. The van der Waals surface area contributed by atoms with Crippen LogP contribution < -0.4 is 15.0 Å². The van der Waals surface area contributed by atoms with Crippen LogP contribution >= 0.6 is 78.0 Å². The van der Waals surface area contributed by atoms with Crippen LogP contribution in [0.4, 0.5) is 0 Å². The molecule has 2 aliphatic heterocycles. The zero-order chi connectivity index (χ0) is 42.1.